The van der Waals surface area contributed by atoms with Crippen molar-refractivity contribution in [3.8, 4) is 11.3 Å². The zero-order valence-corrected chi connectivity index (χ0v) is 13.9. The van der Waals surface area contributed by atoms with Crippen molar-refractivity contribution < 1.29 is 13.6 Å². The number of nitrogens with one attached hydrogen (secondary N) is 1. The Balaban J connectivity index is 1.41. The van der Waals surface area contributed by atoms with E-state index >= 15 is 0 Å². The number of amides is 1. The minimum absolute atomic E-state index is 0.317. The summed E-state index contributed by atoms with van der Waals surface area (Å²) in [5.74, 6) is 0.717. The predicted molar refractivity (Wildman–Crippen MR) is 93.6 cm³/mol. The lowest BCUT2D eigenvalue weighted by atomic mass is 10.1. The molecule has 2 heterocycles. The summed E-state index contributed by atoms with van der Waals surface area (Å²) in [6.07, 6.45) is 5.17. The van der Waals surface area contributed by atoms with E-state index < -0.39 is 0 Å². The molecule has 0 unspecified atom stereocenters. The van der Waals surface area contributed by atoms with Gasteiger partial charge in [-0.1, -0.05) is 23.5 Å². The third-order valence-corrected chi connectivity index (χ3v) is 4.76. The van der Waals surface area contributed by atoms with Gasteiger partial charge in [0.15, 0.2) is 0 Å². The maximum absolute atomic E-state index is 13.8. The fourth-order valence-electron chi connectivity index (χ4n) is 2.33. The number of furan rings is 1. The molecule has 3 aromatic rings. The van der Waals surface area contributed by atoms with Crippen LogP contribution >= 0.6 is 11.3 Å². The number of nitrogens with zero attached hydrogens (tertiary/aromatic N) is 2. The molecular formula is C18H14FN3O2S. The van der Waals surface area contributed by atoms with Crippen LogP contribution < -0.4 is 5.32 Å². The smallest absolute Gasteiger partial charge is 0.250 e. The Morgan fingerprint density at radius 1 is 1.24 bits per heavy atom. The van der Waals surface area contributed by atoms with E-state index in [9.17, 15) is 9.18 Å². The lowest BCUT2D eigenvalue weighted by molar-refractivity contribution is -0.111. The highest BCUT2D eigenvalue weighted by Crippen LogP contribution is 2.42. The van der Waals surface area contributed by atoms with Gasteiger partial charge < -0.3 is 4.42 Å². The van der Waals surface area contributed by atoms with Crippen molar-refractivity contribution in [3.63, 3.8) is 0 Å². The summed E-state index contributed by atoms with van der Waals surface area (Å²) in [5, 5.41) is 12.2. The Hall–Kier alpha value is -2.80. The molecule has 126 valence electrons. The Kier molecular flexibility index (Phi) is 4.15. The van der Waals surface area contributed by atoms with E-state index in [0.29, 0.717) is 28.1 Å². The minimum Gasteiger partial charge on any atom is -0.457 e. The number of halogens is 1. The molecule has 0 radical (unpaired) electrons. The molecule has 0 bridgehead atoms. The summed E-state index contributed by atoms with van der Waals surface area (Å²) in [4.78, 5) is 12.0. The lowest BCUT2D eigenvalue weighted by Gasteiger charge is -1.97. The summed E-state index contributed by atoms with van der Waals surface area (Å²) >= 11 is 1.40. The normalized spacial score (nSPS) is 14.1. The molecule has 1 aliphatic rings. The highest BCUT2D eigenvalue weighted by molar-refractivity contribution is 7.15. The Morgan fingerprint density at radius 2 is 2.08 bits per heavy atom. The molecule has 1 amide bonds. The molecule has 1 aliphatic carbocycles. The molecule has 1 fully saturated rings. The number of anilines is 1. The molecule has 0 atom stereocenters. The Labute approximate surface area is 147 Å². The summed E-state index contributed by atoms with van der Waals surface area (Å²) < 4.78 is 19.3. The van der Waals surface area contributed by atoms with Gasteiger partial charge in [0.2, 0.25) is 11.0 Å². The van der Waals surface area contributed by atoms with Crippen LogP contribution in [-0.2, 0) is 4.79 Å². The predicted octanol–water partition coefficient (Wildman–Crippen LogP) is 4.47. The zero-order valence-electron chi connectivity index (χ0n) is 13.1. The fraction of sp³-hybridized carbons (Fsp3) is 0.167. The van der Waals surface area contributed by atoms with E-state index in [2.05, 4.69) is 15.5 Å². The molecule has 2 aromatic heterocycles. The van der Waals surface area contributed by atoms with Gasteiger partial charge in [-0.3, -0.25) is 10.1 Å². The number of benzene rings is 1. The van der Waals surface area contributed by atoms with Crippen LogP contribution in [-0.4, -0.2) is 16.1 Å². The van der Waals surface area contributed by atoms with E-state index in [1.54, 1.807) is 30.3 Å². The van der Waals surface area contributed by atoms with Crippen LogP contribution in [0, 0.1) is 5.82 Å². The SMILES string of the molecule is O=C(C=Cc1ccc(-c2ccccc2F)o1)Nc1nnc(C2CC2)s1. The quantitative estimate of drug-likeness (QED) is 0.686. The second-order valence-corrected chi connectivity index (χ2v) is 6.73. The van der Waals surface area contributed by atoms with E-state index in [1.165, 1.54) is 29.6 Å². The maximum Gasteiger partial charge on any atom is 0.250 e. The number of carbonyl (C=O) groups is 1. The zero-order chi connectivity index (χ0) is 17.2. The highest BCUT2D eigenvalue weighted by Gasteiger charge is 2.27. The summed E-state index contributed by atoms with van der Waals surface area (Å²) in [7, 11) is 0. The van der Waals surface area contributed by atoms with Gasteiger partial charge >= 0.3 is 0 Å². The van der Waals surface area contributed by atoms with Crippen LogP contribution in [0.5, 0.6) is 0 Å². The molecule has 5 nitrogen and oxygen atoms in total. The van der Waals surface area contributed by atoms with E-state index in [-0.39, 0.29) is 11.7 Å². The van der Waals surface area contributed by atoms with Crippen molar-refractivity contribution in [1.82, 2.24) is 10.2 Å². The molecule has 0 spiro atoms. The first kappa shape index (κ1) is 15.7. The lowest BCUT2D eigenvalue weighted by Crippen LogP contribution is -2.07. The van der Waals surface area contributed by atoms with Gasteiger partial charge in [-0.05, 0) is 43.2 Å². The van der Waals surface area contributed by atoms with Crippen molar-refractivity contribution in [2.45, 2.75) is 18.8 Å². The number of aromatic nitrogens is 2. The van der Waals surface area contributed by atoms with Crippen LogP contribution in [0.15, 0.2) is 46.9 Å². The molecular weight excluding hydrogens is 341 g/mol. The van der Waals surface area contributed by atoms with Gasteiger partial charge in [-0.25, -0.2) is 4.39 Å². The summed E-state index contributed by atoms with van der Waals surface area (Å²) in [5.41, 5.74) is 0.382. The van der Waals surface area contributed by atoms with Crippen molar-refractivity contribution in [1.29, 1.82) is 0 Å². The van der Waals surface area contributed by atoms with Crippen molar-refractivity contribution in [3.05, 3.63) is 59.1 Å². The number of rotatable bonds is 5. The van der Waals surface area contributed by atoms with E-state index in [4.69, 9.17) is 4.42 Å². The standard InChI is InChI=1S/C18H14FN3O2S/c19-14-4-2-1-3-13(14)15-9-7-12(24-15)8-10-16(23)20-18-22-21-17(25-18)11-5-6-11/h1-4,7-11H,5-6H2,(H,20,22,23). The summed E-state index contributed by atoms with van der Waals surface area (Å²) in [6, 6.07) is 9.72. The van der Waals surface area contributed by atoms with Gasteiger partial charge in [-0.2, -0.15) is 0 Å². The minimum atomic E-state index is -0.354. The monoisotopic (exact) mass is 355 g/mol. The average molecular weight is 355 g/mol. The van der Waals surface area contributed by atoms with Gasteiger partial charge in [0.05, 0.1) is 5.56 Å². The van der Waals surface area contributed by atoms with Gasteiger partial charge in [-0.15, -0.1) is 10.2 Å². The van der Waals surface area contributed by atoms with E-state index in [1.807, 2.05) is 0 Å². The molecule has 1 N–H and O–H groups in total. The fourth-order valence-corrected chi connectivity index (χ4v) is 3.25. The summed E-state index contributed by atoms with van der Waals surface area (Å²) in [6.45, 7) is 0. The number of hydrogen-bond acceptors (Lipinski definition) is 5. The maximum atomic E-state index is 13.8. The second-order valence-electron chi connectivity index (χ2n) is 5.72. The second kappa shape index (κ2) is 6.60. The largest absolute Gasteiger partial charge is 0.457 e. The molecule has 4 rings (SSSR count). The molecule has 1 saturated carbocycles. The number of hydrogen-bond donors (Lipinski definition) is 1. The Morgan fingerprint density at radius 3 is 2.88 bits per heavy atom. The molecule has 0 aliphatic heterocycles. The van der Waals surface area contributed by atoms with Crippen LogP contribution in [0.4, 0.5) is 9.52 Å². The average Bonchev–Trinajstić information content (AvgIpc) is 3.17. The highest BCUT2D eigenvalue weighted by atomic mass is 32.1. The van der Waals surface area contributed by atoms with Gasteiger partial charge in [0, 0.05) is 12.0 Å². The Bertz CT molecular complexity index is 943. The third kappa shape index (κ3) is 3.66. The number of carbonyl (C=O) groups excluding carboxylic acids is 1. The van der Waals surface area contributed by atoms with Crippen molar-refractivity contribution >= 4 is 28.5 Å². The van der Waals surface area contributed by atoms with E-state index in [0.717, 1.165) is 17.8 Å². The molecule has 25 heavy (non-hydrogen) atoms. The van der Waals surface area contributed by atoms with Crippen molar-refractivity contribution in [2.24, 2.45) is 0 Å². The third-order valence-electron chi connectivity index (χ3n) is 3.76. The molecule has 1 aromatic carbocycles. The van der Waals surface area contributed by atoms with Crippen LogP contribution in [0.3, 0.4) is 0 Å². The first-order valence-electron chi connectivity index (χ1n) is 7.86. The van der Waals surface area contributed by atoms with Crippen LogP contribution in [0.2, 0.25) is 0 Å². The first-order chi connectivity index (χ1) is 12.2. The molecule has 7 heteroatoms. The van der Waals surface area contributed by atoms with Gasteiger partial charge in [0.25, 0.3) is 0 Å². The van der Waals surface area contributed by atoms with Crippen LogP contribution in [0.25, 0.3) is 17.4 Å². The van der Waals surface area contributed by atoms with Crippen LogP contribution in [0.1, 0.15) is 29.5 Å². The van der Waals surface area contributed by atoms with Gasteiger partial charge in [0.1, 0.15) is 22.3 Å². The first-order valence-corrected chi connectivity index (χ1v) is 8.68. The topological polar surface area (TPSA) is 68.0 Å². The van der Waals surface area contributed by atoms with Crippen molar-refractivity contribution in [2.75, 3.05) is 5.32 Å². The molecule has 0 saturated heterocycles.